The van der Waals surface area contributed by atoms with Gasteiger partial charge in [-0.2, -0.15) is 0 Å². The monoisotopic (exact) mass is 349 g/mol. The molecule has 2 saturated heterocycles. The molecule has 128 valence electrons. The van der Waals surface area contributed by atoms with Gasteiger partial charge in [-0.1, -0.05) is 11.6 Å². The summed E-state index contributed by atoms with van der Waals surface area (Å²) < 4.78 is 0. The molecule has 24 heavy (non-hydrogen) atoms. The van der Waals surface area contributed by atoms with E-state index in [9.17, 15) is 14.4 Å². The number of hydrogen-bond donors (Lipinski definition) is 1. The molecule has 0 unspecified atom stereocenters. The first kappa shape index (κ1) is 16.8. The summed E-state index contributed by atoms with van der Waals surface area (Å²) in [6, 6.07) is 6.78. The summed E-state index contributed by atoms with van der Waals surface area (Å²) in [6.07, 6.45) is 1.54. The van der Waals surface area contributed by atoms with Crippen LogP contribution < -0.4 is 5.32 Å². The highest BCUT2D eigenvalue weighted by Gasteiger charge is 2.33. The molecule has 0 bridgehead atoms. The number of rotatable bonds is 2. The predicted molar refractivity (Wildman–Crippen MR) is 89.7 cm³/mol. The van der Waals surface area contributed by atoms with Gasteiger partial charge in [0.1, 0.15) is 0 Å². The molecule has 2 aliphatic rings. The first-order chi connectivity index (χ1) is 11.5. The Morgan fingerprint density at radius 2 is 1.88 bits per heavy atom. The first-order valence-corrected chi connectivity index (χ1v) is 8.53. The molecular formula is C17H20ClN3O3. The maximum absolute atomic E-state index is 12.6. The van der Waals surface area contributed by atoms with Crippen LogP contribution in [0.4, 0.5) is 0 Å². The lowest BCUT2D eigenvalue weighted by molar-refractivity contribution is -0.142. The van der Waals surface area contributed by atoms with E-state index in [-0.39, 0.29) is 30.2 Å². The van der Waals surface area contributed by atoms with E-state index in [2.05, 4.69) is 5.32 Å². The van der Waals surface area contributed by atoms with E-state index in [1.165, 1.54) is 0 Å². The SMILES string of the molecule is O=C1CN(C(=O)[C@H]2CCCN(C(=O)c3ccc(Cl)cc3)C2)CCN1. The number of nitrogens with zero attached hydrogens (tertiary/aromatic N) is 2. The van der Waals surface area contributed by atoms with E-state index in [1.54, 1.807) is 34.1 Å². The van der Waals surface area contributed by atoms with E-state index < -0.39 is 0 Å². The molecule has 3 amide bonds. The van der Waals surface area contributed by atoms with E-state index in [0.717, 1.165) is 12.8 Å². The average Bonchev–Trinajstić information content (AvgIpc) is 2.61. The van der Waals surface area contributed by atoms with Crippen molar-refractivity contribution < 1.29 is 14.4 Å². The fourth-order valence-electron chi connectivity index (χ4n) is 3.22. The lowest BCUT2D eigenvalue weighted by atomic mass is 9.95. The Bertz CT molecular complexity index is 647. The van der Waals surface area contributed by atoms with Crippen LogP contribution in [-0.4, -0.2) is 60.2 Å². The topological polar surface area (TPSA) is 69.7 Å². The fourth-order valence-corrected chi connectivity index (χ4v) is 3.35. The third kappa shape index (κ3) is 3.70. The smallest absolute Gasteiger partial charge is 0.253 e. The van der Waals surface area contributed by atoms with Crippen LogP contribution in [-0.2, 0) is 9.59 Å². The van der Waals surface area contributed by atoms with Gasteiger partial charge in [0.05, 0.1) is 12.5 Å². The highest BCUT2D eigenvalue weighted by molar-refractivity contribution is 6.30. The molecule has 3 rings (SSSR count). The Labute approximate surface area is 145 Å². The molecule has 2 aliphatic heterocycles. The maximum atomic E-state index is 12.6. The molecule has 2 heterocycles. The summed E-state index contributed by atoms with van der Waals surface area (Å²) in [5.41, 5.74) is 0.574. The molecule has 1 aromatic rings. The highest BCUT2D eigenvalue weighted by atomic mass is 35.5. The molecule has 1 N–H and O–H groups in total. The third-order valence-corrected chi connectivity index (χ3v) is 4.75. The maximum Gasteiger partial charge on any atom is 0.253 e. The summed E-state index contributed by atoms with van der Waals surface area (Å²) in [6.45, 7) is 2.18. The van der Waals surface area contributed by atoms with Crippen LogP contribution in [0, 0.1) is 5.92 Å². The second-order valence-electron chi connectivity index (χ2n) is 6.21. The van der Waals surface area contributed by atoms with E-state index in [0.29, 0.717) is 36.8 Å². The van der Waals surface area contributed by atoms with Gasteiger partial charge in [-0.3, -0.25) is 14.4 Å². The number of carbonyl (C=O) groups is 3. The van der Waals surface area contributed by atoms with Crippen LogP contribution in [0.2, 0.25) is 5.02 Å². The van der Waals surface area contributed by atoms with Gasteiger partial charge in [-0.25, -0.2) is 0 Å². The lowest BCUT2D eigenvalue weighted by Crippen LogP contribution is -2.54. The second kappa shape index (κ2) is 7.21. The minimum Gasteiger partial charge on any atom is -0.353 e. The minimum absolute atomic E-state index is 0.0292. The summed E-state index contributed by atoms with van der Waals surface area (Å²) in [4.78, 5) is 40.0. The van der Waals surface area contributed by atoms with Crippen LogP contribution in [0.1, 0.15) is 23.2 Å². The van der Waals surface area contributed by atoms with Crippen LogP contribution in [0.25, 0.3) is 0 Å². The van der Waals surface area contributed by atoms with Crippen molar-refractivity contribution in [3.63, 3.8) is 0 Å². The number of benzene rings is 1. The van der Waals surface area contributed by atoms with Crippen LogP contribution >= 0.6 is 11.6 Å². The number of hydrogen-bond acceptors (Lipinski definition) is 3. The lowest BCUT2D eigenvalue weighted by Gasteiger charge is -2.36. The van der Waals surface area contributed by atoms with E-state index >= 15 is 0 Å². The van der Waals surface area contributed by atoms with Crippen molar-refractivity contribution in [3.05, 3.63) is 34.9 Å². The van der Waals surface area contributed by atoms with Crippen LogP contribution in [0.5, 0.6) is 0 Å². The van der Waals surface area contributed by atoms with Gasteiger partial charge in [0.25, 0.3) is 5.91 Å². The number of halogens is 1. The normalized spacial score (nSPS) is 21.4. The molecule has 1 atom stereocenters. The summed E-state index contributed by atoms with van der Waals surface area (Å²) in [7, 11) is 0. The standard InChI is InChI=1S/C17H20ClN3O3/c18-14-5-3-12(4-6-14)16(23)20-8-1-2-13(10-20)17(24)21-9-7-19-15(22)11-21/h3-6,13H,1-2,7-11H2,(H,19,22)/t13-/m0/s1. The van der Waals surface area contributed by atoms with Gasteiger partial charge in [-0.15, -0.1) is 0 Å². The Balaban J connectivity index is 1.65. The molecule has 0 aromatic heterocycles. The second-order valence-corrected chi connectivity index (χ2v) is 6.64. The Morgan fingerprint density at radius 3 is 2.58 bits per heavy atom. The molecule has 6 nitrogen and oxygen atoms in total. The Morgan fingerprint density at radius 1 is 1.12 bits per heavy atom. The van der Waals surface area contributed by atoms with Crippen molar-refractivity contribution in [2.24, 2.45) is 5.92 Å². The molecule has 7 heteroatoms. The number of likely N-dealkylation sites (tertiary alicyclic amines) is 1. The molecule has 2 fully saturated rings. The third-order valence-electron chi connectivity index (χ3n) is 4.50. The highest BCUT2D eigenvalue weighted by Crippen LogP contribution is 2.21. The number of nitrogens with one attached hydrogen (secondary N) is 1. The average molecular weight is 350 g/mol. The van der Waals surface area contributed by atoms with Gasteiger partial charge in [0, 0.05) is 36.8 Å². The van der Waals surface area contributed by atoms with Gasteiger partial charge in [0.2, 0.25) is 11.8 Å². The molecule has 1 aromatic carbocycles. The zero-order valence-corrected chi connectivity index (χ0v) is 14.1. The number of piperazine rings is 1. The quantitative estimate of drug-likeness (QED) is 0.870. The van der Waals surface area contributed by atoms with Gasteiger partial charge in [-0.05, 0) is 37.1 Å². The van der Waals surface area contributed by atoms with Crippen molar-refractivity contribution in [2.45, 2.75) is 12.8 Å². The van der Waals surface area contributed by atoms with E-state index in [4.69, 9.17) is 11.6 Å². The van der Waals surface area contributed by atoms with Gasteiger partial charge < -0.3 is 15.1 Å². The molecule has 0 saturated carbocycles. The van der Waals surface area contributed by atoms with Crippen LogP contribution in [0.15, 0.2) is 24.3 Å². The van der Waals surface area contributed by atoms with Crippen molar-refractivity contribution in [1.82, 2.24) is 15.1 Å². The van der Waals surface area contributed by atoms with Crippen molar-refractivity contribution in [2.75, 3.05) is 32.7 Å². The number of carbonyl (C=O) groups excluding carboxylic acids is 3. The summed E-state index contributed by atoms with van der Waals surface area (Å²) >= 11 is 5.86. The predicted octanol–water partition coefficient (Wildman–Crippen LogP) is 1.15. The minimum atomic E-state index is -0.235. The van der Waals surface area contributed by atoms with Crippen molar-refractivity contribution in [1.29, 1.82) is 0 Å². The largest absolute Gasteiger partial charge is 0.353 e. The Kier molecular flexibility index (Phi) is 5.04. The molecule has 0 radical (unpaired) electrons. The first-order valence-electron chi connectivity index (χ1n) is 8.15. The van der Waals surface area contributed by atoms with Gasteiger partial charge >= 0.3 is 0 Å². The zero-order chi connectivity index (χ0) is 17.1. The van der Waals surface area contributed by atoms with E-state index in [1.807, 2.05) is 0 Å². The fraction of sp³-hybridized carbons (Fsp3) is 0.471. The number of piperidine rings is 1. The molecular weight excluding hydrogens is 330 g/mol. The summed E-state index contributed by atoms with van der Waals surface area (Å²) in [5.74, 6) is -0.473. The molecule has 0 aliphatic carbocycles. The van der Waals surface area contributed by atoms with Crippen molar-refractivity contribution in [3.8, 4) is 0 Å². The number of amides is 3. The zero-order valence-electron chi connectivity index (χ0n) is 13.3. The molecule has 0 spiro atoms. The van der Waals surface area contributed by atoms with Gasteiger partial charge in [0.15, 0.2) is 0 Å². The summed E-state index contributed by atoms with van der Waals surface area (Å²) in [5, 5.41) is 3.30. The van der Waals surface area contributed by atoms with Crippen LogP contribution in [0.3, 0.4) is 0 Å². The van der Waals surface area contributed by atoms with Crippen molar-refractivity contribution >= 4 is 29.3 Å². The Hall–Kier alpha value is -2.08.